The van der Waals surface area contributed by atoms with Gasteiger partial charge in [-0.05, 0) is 79.7 Å². The first-order chi connectivity index (χ1) is 14.5. The van der Waals surface area contributed by atoms with E-state index in [9.17, 15) is 0 Å². The van der Waals surface area contributed by atoms with Crippen molar-refractivity contribution in [2.45, 2.75) is 13.8 Å². The zero-order chi connectivity index (χ0) is 20.8. The van der Waals surface area contributed by atoms with E-state index in [-0.39, 0.29) is 0 Å². The van der Waals surface area contributed by atoms with Crippen molar-refractivity contribution >= 4 is 61.8 Å². The van der Waals surface area contributed by atoms with Gasteiger partial charge in [0, 0.05) is 29.3 Å². The Hall–Kier alpha value is -3.51. The molecule has 0 bridgehead atoms. The lowest BCUT2D eigenvalue weighted by molar-refractivity contribution is 1.24. The van der Waals surface area contributed by atoms with Crippen molar-refractivity contribution < 1.29 is 0 Å². The molecule has 30 heavy (non-hydrogen) atoms. The largest absolute Gasteiger partial charge is 0.338 e. The van der Waals surface area contributed by atoms with E-state index in [0.717, 1.165) is 44.5 Å². The highest BCUT2D eigenvalue weighted by Gasteiger charge is 2.12. The van der Waals surface area contributed by atoms with Gasteiger partial charge in [0.1, 0.15) is 5.52 Å². The topological polar surface area (TPSA) is 56.8 Å². The Morgan fingerprint density at radius 1 is 0.933 bits per heavy atom. The quantitative estimate of drug-likeness (QED) is 0.364. The van der Waals surface area contributed by atoms with Crippen LogP contribution in [0, 0.1) is 13.8 Å². The van der Waals surface area contributed by atoms with E-state index in [1.165, 1.54) is 11.1 Å². The van der Waals surface area contributed by atoms with Crippen LogP contribution in [0.2, 0.25) is 0 Å². The van der Waals surface area contributed by atoms with E-state index in [2.05, 4.69) is 48.4 Å². The Morgan fingerprint density at radius 3 is 2.47 bits per heavy atom. The molecule has 0 saturated heterocycles. The van der Waals surface area contributed by atoms with Gasteiger partial charge in [0.05, 0.1) is 11.0 Å². The molecule has 0 aliphatic heterocycles. The van der Waals surface area contributed by atoms with Gasteiger partial charge in [-0.25, -0.2) is 9.97 Å². The van der Waals surface area contributed by atoms with Gasteiger partial charge >= 0.3 is 0 Å². The number of benzene rings is 3. The summed E-state index contributed by atoms with van der Waals surface area (Å²) < 4.78 is 0. The number of nitrogens with zero attached hydrogens (tertiary/aromatic N) is 3. The highest BCUT2D eigenvalue weighted by molar-refractivity contribution is 7.80. The molecule has 0 radical (unpaired) electrons. The van der Waals surface area contributed by atoms with Crippen LogP contribution in [0.25, 0.3) is 33.1 Å². The van der Waals surface area contributed by atoms with Gasteiger partial charge in [-0.3, -0.25) is 0 Å². The first-order valence-corrected chi connectivity index (χ1v) is 10.2. The average molecular weight is 412 g/mol. The number of anilines is 2. The lowest BCUT2D eigenvalue weighted by atomic mass is 10.1. The SMILES string of the molecule is Cc1ccc(N(C)C(=S)Nc2ccc3[nH]c4nc5ccccc5nc4c3c2)cc1C. The number of aryl methyl sites for hydroxylation is 2. The third-order valence-corrected chi connectivity index (χ3v) is 5.91. The fraction of sp³-hybridized carbons (Fsp3) is 0.125. The fourth-order valence-electron chi connectivity index (χ4n) is 3.59. The molecular formula is C24H21N5S. The van der Waals surface area contributed by atoms with Crippen LogP contribution in [0.3, 0.4) is 0 Å². The Kier molecular flexibility index (Phi) is 4.37. The summed E-state index contributed by atoms with van der Waals surface area (Å²) in [7, 11) is 1.97. The standard InChI is InChI=1S/C24H21N5S/c1-14-8-10-17(12-15(14)2)29(3)24(30)25-16-9-11-19-18(13-16)22-23(27-19)28-21-7-5-4-6-20(21)26-22/h4-13H,1-3H3,(H,25,30)(H,27,28). The molecule has 0 unspecified atom stereocenters. The molecule has 0 atom stereocenters. The number of thiocarbonyl (C=S) groups is 1. The van der Waals surface area contributed by atoms with Crippen LogP contribution in [0.5, 0.6) is 0 Å². The minimum absolute atomic E-state index is 0.633. The molecule has 5 nitrogen and oxygen atoms in total. The van der Waals surface area contributed by atoms with Crippen molar-refractivity contribution in [3.63, 3.8) is 0 Å². The Balaban J connectivity index is 1.49. The Labute approximate surface area is 179 Å². The van der Waals surface area contributed by atoms with E-state index < -0.39 is 0 Å². The molecule has 5 rings (SSSR count). The summed E-state index contributed by atoms with van der Waals surface area (Å²) in [5.74, 6) is 0. The number of para-hydroxylation sites is 2. The van der Waals surface area contributed by atoms with E-state index in [4.69, 9.17) is 22.2 Å². The first kappa shape index (κ1) is 18.5. The van der Waals surface area contributed by atoms with E-state index in [0.29, 0.717) is 5.11 Å². The number of hydrogen-bond donors (Lipinski definition) is 2. The third kappa shape index (κ3) is 3.15. The van der Waals surface area contributed by atoms with Gasteiger partial charge in [0.25, 0.3) is 0 Å². The van der Waals surface area contributed by atoms with Crippen molar-refractivity contribution in [2.75, 3.05) is 17.3 Å². The molecule has 0 saturated carbocycles. The Morgan fingerprint density at radius 2 is 1.70 bits per heavy atom. The minimum Gasteiger partial charge on any atom is -0.338 e. The zero-order valence-corrected chi connectivity index (χ0v) is 17.8. The van der Waals surface area contributed by atoms with E-state index in [1.807, 2.05) is 48.3 Å². The summed E-state index contributed by atoms with van der Waals surface area (Å²) in [4.78, 5) is 14.9. The van der Waals surface area contributed by atoms with Crippen LogP contribution in [0.1, 0.15) is 11.1 Å². The van der Waals surface area contributed by atoms with Crippen molar-refractivity contribution in [2.24, 2.45) is 0 Å². The maximum atomic E-state index is 5.66. The smallest absolute Gasteiger partial charge is 0.177 e. The van der Waals surface area contributed by atoms with E-state index >= 15 is 0 Å². The Bertz CT molecular complexity index is 1440. The van der Waals surface area contributed by atoms with Gasteiger partial charge in [-0.1, -0.05) is 18.2 Å². The average Bonchev–Trinajstić information content (AvgIpc) is 3.10. The van der Waals surface area contributed by atoms with Gasteiger partial charge in [-0.15, -0.1) is 0 Å². The first-order valence-electron chi connectivity index (χ1n) is 9.80. The summed E-state index contributed by atoms with van der Waals surface area (Å²) >= 11 is 5.66. The summed E-state index contributed by atoms with van der Waals surface area (Å²) in [6.07, 6.45) is 0. The summed E-state index contributed by atoms with van der Waals surface area (Å²) in [6, 6.07) is 20.4. The molecule has 6 heteroatoms. The predicted molar refractivity (Wildman–Crippen MR) is 129 cm³/mol. The number of nitrogens with one attached hydrogen (secondary N) is 2. The molecular weight excluding hydrogens is 390 g/mol. The normalized spacial score (nSPS) is 11.3. The van der Waals surface area contributed by atoms with Crippen LogP contribution in [0.15, 0.2) is 60.7 Å². The number of aromatic amines is 1. The minimum atomic E-state index is 0.633. The predicted octanol–water partition coefficient (Wildman–Crippen LogP) is 5.71. The molecule has 5 aromatic rings. The van der Waals surface area contributed by atoms with Crippen LogP contribution < -0.4 is 10.2 Å². The second-order valence-corrected chi connectivity index (χ2v) is 7.94. The highest BCUT2D eigenvalue weighted by atomic mass is 32.1. The fourth-order valence-corrected chi connectivity index (χ4v) is 3.81. The van der Waals surface area contributed by atoms with Gasteiger partial charge < -0.3 is 15.2 Å². The number of rotatable bonds is 2. The molecule has 2 aromatic heterocycles. The van der Waals surface area contributed by atoms with Crippen LogP contribution in [-0.2, 0) is 0 Å². The van der Waals surface area contributed by atoms with Crippen LogP contribution >= 0.6 is 12.2 Å². The highest BCUT2D eigenvalue weighted by Crippen LogP contribution is 2.28. The van der Waals surface area contributed by atoms with Crippen molar-refractivity contribution in [3.8, 4) is 0 Å². The number of aromatic nitrogens is 3. The summed E-state index contributed by atoms with van der Waals surface area (Å²) in [6.45, 7) is 4.22. The van der Waals surface area contributed by atoms with Crippen LogP contribution in [0.4, 0.5) is 11.4 Å². The molecule has 0 amide bonds. The molecule has 0 aliphatic carbocycles. The van der Waals surface area contributed by atoms with Gasteiger partial charge in [0.2, 0.25) is 0 Å². The van der Waals surface area contributed by atoms with E-state index in [1.54, 1.807) is 0 Å². The molecule has 0 spiro atoms. The monoisotopic (exact) mass is 411 g/mol. The number of fused-ring (bicyclic) bond motifs is 4. The summed E-state index contributed by atoms with van der Waals surface area (Å²) in [5.41, 5.74) is 8.90. The maximum absolute atomic E-state index is 5.66. The summed E-state index contributed by atoms with van der Waals surface area (Å²) in [5, 5.41) is 5.01. The van der Waals surface area contributed by atoms with Crippen molar-refractivity contribution in [1.29, 1.82) is 0 Å². The zero-order valence-electron chi connectivity index (χ0n) is 17.0. The van der Waals surface area contributed by atoms with Crippen molar-refractivity contribution in [3.05, 3.63) is 71.8 Å². The molecule has 148 valence electrons. The molecule has 0 aliphatic rings. The second-order valence-electron chi connectivity index (χ2n) is 7.55. The van der Waals surface area contributed by atoms with Gasteiger partial charge in [-0.2, -0.15) is 0 Å². The molecule has 2 heterocycles. The van der Waals surface area contributed by atoms with Crippen LogP contribution in [-0.4, -0.2) is 27.1 Å². The lowest BCUT2D eigenvalue weighted by Crippen LogP contribution is -2.30. The maximum Gasteiger partial charge on any atom is 0.177 e. The lowest BCUT2D eigenvalue weighted by Gasteiger charge is -2.22. The number of H-pyrrole nitrogens is 1. The molecule has 2 N–H and O–H groups in total. The number of hydrogen-bond acceptors (Lipinski definition) is 3. The molecule has 0 fully saturated rings. The third-order valence-electron chi connectivity index (χ3n) is 5.53. The molecule has 3 aromatic carbocycles. The van der Waals surface area contributed by atoms with Gasteiger partial charge in [0.15, 0.2) is 10.8 Å². The van der Waals surface area contributed by atoms with Crippen molar-refractivity contribution in [1.82, 2.24) is 15.0 Å². The second kappa shape index (κ2) is 7.07.